The fourth-order valence-corrected chi connectivity index (χ4v) is 2.83. The van der Waals surface area contributed by atoms with Crippen LogP contribution >= 0.6 is 0 Å². The summed E-state index contributed by atoms with van der Waals surface area (Å²) in [6.45, 7) is 1.99. The second-order valence-electron chi connectivity index (χ2n) is 5.59. The molecular formula is C16H24N2O. The van der Waals surface area contributed by atoms with Crippen LogP contribution < -0.4 is 5.32 Å². The average Bonchev–Trinajstić information content (AvgIpc) is 2.47. The highest BCUT2D eigenvalue weighted by molar-refractivity contribution is 5.76. The van der Waals surface area contributed by atoms with Crippen LogP contribution in [0.4, 0.5) is 0 Å². The van der Waals surface area contributed by atoms with Gasteiger partial charge in [0.15, 0.2) is 0 Å². The molecule has 3 heteroatoms. The van der Waals surface area contributed by atoms with E-state index < -0.39 is 0 Å². The number of pyridine rings is 1. The van der Waals surface area contributed by atoms with Gasteiger partial charge in [-0.1, -0.05) is 38.2 Å². The van der Waals surface area contributed by atoms with Crippen LogP contribution in [-0.2, 0) is 4.79 Å². The molecule has 1 aromatic heterocycles. The first-order valence-electron chi connectivity index (χ1n) is 7.46. The molecule has 1 atom stereocenters. The molecule has 1 aromatic rings. The molecule has 0 spiro atoms. The molecule has 0 saturated heterocycles. The van der Waals surface area contributed by atoms with E-state index in [1.165, 1.54) is 32.1 Å². The quantitative estimate of drug-likeness (QED) is 0.878. The van der Waals surface area contributed by atoms with E-state index in [4.69, 9.17) is 0 Å². The number of carbonyl (C=O) groups excluding carboxylic acids is 1. The van der Waals surface area contributed by atoms with Crippen LogP contribution in [0.5, 0.6) is 0 Å². The van der Waals surface area contributed by atoms with Crippen LogP contribution in [-0.4, -0.2) is 10.9 Å². The molecule has 0 radical (unpaired) electrons. The first-order chi connectivity index (χ1) is 9.25. The minimum Gasteiger partial charge on any atom is -0.348 e. The van der Waals surface area contributed by atoms with Crippen molar-refractivity contribution in [3.8, 4) is 0 Å². The lowest BCUT2D eigenvalue weighted by Gasteiger charge is -2.21. The second kappa shape index (κ2) is 7.27. The minimum absolute atomic E-state index is 0.0000517. The van der Waals surface area contributed by atoms with E-state index >= 15 is 0 Å². The molecule has 0 bridgehead atoms. The molecule has 1 saturated carbocycles. The van der Waals surface area contributed by atoms with Crippen LogP contribution in [0.1, 0.15) is 63.6 Å². The highest BCUT2D eigenvalue weighted by atomic mass is 16.1. The van der Waals surface area contributed by atoms with Gasteiger partial charge in [0, 0.05) is 12.6 Å². The Hall–Kier alpha value is -1.38. The molecule has 3 nitrogen and oxygen atoms in total. The molecule has 1 aliphatic rings. The fraction of sp³-hybridized carbons (Fsp3) is 0.625. The zero-order chi connectivity index (χ0) is 13.5. The van der Waals surface area contributed by atoms with Gasteiger partial charge in [0.25, 0.3) is 0 Å². The van der Waals surface area contributed by atoms with Crippen molar-refractivity contribution in [2.75, 3.05) is 0 Å². The Balaban J connectivity index is 1.71. The molecule has 0 aromatic carbocycles. The monoisotopic (exact) mass is 260 g/mol. The number of hydrogen-bond donors (Lipinski definition) is 1. The van der Waals surface area contributed by atoms with Gasteiger partial charge in [-0.3, -0.25) is 9.78 Å². The van der Waals surface area contributed by atoms with Gasteiger partial charge < -0.3 is 5.32 Å². The third kappa shape index (κ3) is 4.66. The summed E-state index contributed by atoms with van der Waals surface area (Å²) in [6.07, 6.45) is 10.1. The predicted octanol–water partition coefficient (Wildman–Crippen LogP) is 3.62. The van der Waals surface area contributed by atoms with Crippen molar-refractivity contribution in [1.29, 1.82) is 0 Å². The summed E-state index contributed by atoms with van der Waals surface area (Å²) < 4.78 is 0. The van der Waals surface area contributed by atoms with Crippen molar-refractivity contribution < 1.29 is 4.79 Å². The van der Waals surface area contributed by atoms with Crippen molar-refractivity contribution in [3.63, 3.8) is 0 Å². The third-order valence-electron chi connectivity index (χ3n) is 4.01. The van der Waals surface area contributed by atoms with Crippen LogP contribution in [0, 0.1) is 5.92 Å². The predicted molar refractivity (Wildman–Crippen MR) is 76.6 cm³/mol. The van der Waals surface area contributed by atoms with Crippen LogP contribution in [0.15, 0.2) is 24.4 Å². The molecule has 1 fully saturated rings. The standard InChI is InChI=1S/C16H24N2O/c1-13(15-9-5-6-12-17-15)18-16(19)11-10-14-7-3-2-4-8-14/h5-6,9,12-14H,2-4,7-8,10-11H2,1H3,(H,18,19). The lowest BCUT2D eigenvalue weighted by molar-refractivity contribution is -0.122. The lowest BCUT2D eigenvalue weighted by atomic mass is 9.86. The lowest BCUT2D eigenvalue weighted by Crippen LogP contribution is -2.27. The van der Waals surface area contributed by atoms with Crippen molar-refractivity contribution >= 4 is 5.91 Å². The molecule has 1 N–H and O–H groups in total. The van der Waals surface area contributed by atoms with E-state index in [-0.39, 0.29) is 11.9 Å². The van der Waals surface area contributed by atoms with Crippen molar-refractivity contribution in [3.05, 3.63) is 30.1 Å². The third-order valence-corrected chi connectivity index (χ3v) is 4.01. The number of nitrogens with zero attached hydrogens (tertiary/aromatic N) is 1. The zero-order valence-electron chi connectivity index (χ0n) is 11.8. The summed E-state index contributed by atoms with van der Waals surface area (Å²) in [4.78, 5) is 16.2. The van der Waals surface area contributed by atoms with E-state index in [1.54, 1.807) is 6.20 Å². The van der Waals surface area contributed by atoms with Gasteiger partial charge >= 0.3 is 0 Å². The van der Waals surface area contributed by atoms with Crippen molar-refractivity contribution in [2.45, 2.75) is 57.9 Å². The van der Waals surface area contributed by atoms with Gasteiger partial charge in [0.1, 0.15) is 0 Å². The Morgan fingerprint density at radius 1 is 1.37 bits per heavy atom. The molecule has 19 heavy (non-hydrogen) atoms. The van der Waals surface area contributed by atoms with E-state index in [2.05, 4.69) is 10.3 Å². The van der Waals surface area contributed by atoms with Gasteiger partial charge in [-0.25, -0.2) is 0 Å². The number of hydrogen-bond acceptors (Lipinski definition) is 2. The van der Waals surface area contributed by atoms with Gasteiger partial charge in [-0.2, -0.15) is 0 Å². The topological polar surface area (TPSA) is 42.0 Å². The SMILES string of the molecule is CC(NC(=O)CCC1CCCCC1)c1ccccn1. The van der Waals surface area contributed by atoms with E-state index in [0.717, 1.165) is 18.0 Å². The summed E-state index contributed by atoms with van der Waals surface area (Å²) in [5, 5.41) is 3.03. The van der Waals surface area contributed by atoms with E-state index in [9.17, 15) is 4.79 Å². The Morgan fingerprint density at radius 2 is 2.16 bits per heavy atom. The fourth-order valence-electron chi connectivity index (χ4n) is 2.83. The Labute approximate surface area is 115 Å². The molecule has 0 aliphatic heterocycles. The molecule has 104 valence electrons. The summed E-state index contributed by atoms with van der Waals surface area (Å²) in [6, 6.07) is 5.79. The average molecular weight is 260 g/mol. The summed E-state index contributed by atoms with van der Waals surface area (Å²) in [5.74, 6) is 0.924. The Bertz CT molecular complexity index is 385. The van der Waals surface area contributed by atoms with Crippen LogP contribution in [0.2, 0.25) is 0 Å². The number of rotatable bonds is 5. The van der Waals surface area contributed by atoms with Crippen molar-refractivity contribution in [1.82, 2.24) is 10.3 Å². The van der Waals surface area contributed by atoms with Gasteiger partial charge in [0.05, 0.1) is 11.7 Å². The highest BCUT2D eigenvalue weighted by Crippen LogP contribution is 2.27. The number of carbonyl (C=O) groups is 1. The Morgan fingerprint density at radius 3 is 2.84 bits per heavy atom. The van der Waals surface area contributed by atoms with Gasteiger partial charge in [-0.15, -0.1) is 0 Å². The maximum absolute atomic E-state index is 11.9. The van der Waals surface area contributed by atoms with E-state index in [1.807, 2.05) is 25.1 Å². The summed E-state index contributed by atoms with van der Waals surface area (Å²) in [5.41, 5.74) is 0.925. The van der Waals surface area contributed by atoms with Crippen molar-refractivity contribution in [2.24, 2.45) is 5.92 Å². The summed E-state index contributed by atoms with van der Waals surface area (Å²) >= 11 is 0. The molecular weight excluding hydrogens is 236 g/mol. The van der Waals surface area contributed by atoms with Crippen LogP contribution in [0.3, 0.4) is 0 Å². The summed E-state index contributed by atoms with van der Waals surface area (Å²) in [7, 11) is 0. The number of aromatic nitrogens is 1. The highest BCUT2D eigenvalue weighted by Gasteiger charge is 2.16. The molecule has 1 aliphatic carbocycles. The maximum Gasteiger partial charge on any atom is 0.220 e. The first-order valence-corrected chi connectivity index (χ1v) is 7.46. The zero-order valence-corrected chi connectivity index (χ0v) is 11.8. The molecule has 2 rings (SSSR count). The van der Waals surface area contributed by atoms with Crippen LogP contribution in [0.25, 0.3) is 0 Å². The maximum atomic E-state index is 11.9. The largest absolute Gasteiger partial charge is 0.348 e. The normalized spacial score (nSPS) is 17.9. The number of amides is 1. The molecule has 1 unspecified atom stereocenters. The van der Waals surface area contributed by atoms with E-state index in [0.29, 0.717) is 6.42 Å². The number of nitrogens with one attached hydrogen (secondary N) is 1. The first kappa shape index (κ1) is 14.0. The second-order valence-corrected chi connectivity index (χ2v) is 5.59. The van der Waals surface area contributed by atoms with Gasteiger partial charge in [0.2, 0.25) is 5.91 Å². The minimum atomic E-state index is 0.0000517. The smallest absolute Gasteiger partial charge is 0.220 e. The van der Waals surface area contributed by atoms with Gasteiger partial charge in [-0.05, 0) is 31.4 Å². The molecule has 1 heterocycles. The Kier molecular flexibility index (Phi) is 5.37. The molecule has 1 amide bonds.